The zero-order chi connectivity index (χ0) is 33.1. The smallest absolute Gasteiger partial charge is 0.306 e. The van der Waals surface area contributed by atoms with Crippen molar-refractivity contribution in [2.24, 2.45) is 21.8 Å². The molecular formula is C33H50N4O6. The molecule has 2 aromatic rings. The average molecular weight is 599 g/mol. The maximum atomic E-state index is 11.9. The van der Waals surface area contributed by atoms with Crippen LogP contribution in [0.5, 0.6) is 0 Å². The largest absolute Gasteiger partial charge is 0.460 e. The molecule has 2 aromatic carbocycles. The Morgan fingerprint density at radius 3 is 1.40 bits per heavy atom. The minimum absolute atomic E-state index is 0.0832. The fourth-order valence-corrected chi connectivity index (χ4v) is 4.60. The molecule has 0 aliphatic rings. The van der Waals surface area contributed by atoms with Gasteiger partial charge in [-0.15, -0.1) is 0 Å². The monoisotopic (exact) mass is 598 g/mol. The van der Waals surface area contributed by atoms with E-state index in [4.69, 9.17) is 31.4 Å². The molecule has 0 bridgehead atoms. The van der Waals surface area contributed by atoms with E-state index in [1.54, 1.807) is 0 Å². The molecular weight excluding hydrogens is 548 g/mol. The van der Waals surface area contributed by atoms with Gasteiger partial charge in [-0.05, 0) is 139 Å². The molecule has 0 amide bonds. The van der Waals surface area contributed by atoms with Crippen molar-refractivity contribution in [3.8, 4) is 0 Å². The number of benzene rings is 2. The van der Waals surface area contributed by atoms with Gasteiger partial charge in [-0.25, -0.2) is 0 Å². The minimum atomic E-state index is -0.463. The molecule has 0 atom stereocenters. The van der Waals surface area contributed by atoms with Gasteiger partial charge in [-0.2, -0.15) is 0 Å². The first-order valence-electron chi connectivity index (χ1n) is 14.4. The normalized spacial score (nSPS) is 12.3. The van der Waals surface area contributed by atoms with Crippen molar-refractivity contribution in [3.05, 3.63) is 68.8 Å². The van der Waals surface area contributed by atoms with Crippen molar-refractivity contribution >= 4 is 23.6 Å². The number of nitrogens with zero attached hydrogens (tertiary/aromatic N) is 2. The number of aryl methyl sites for hydroxylation is 4. The maximum Gasteiger partial charge on any atom is 0.306 e. The van der Waals surface area contributed by atoms with E-state index in [0.29, 0.717) is 36.8 Å². The topological polar surface area (TPSA) is 170 Å². The maximum absolute atomic E-state index is 11.9. The van der Waals surface area contributed by atoms with E-state index in [1.165, 1.54) is 0 Å². The van der Waals surface area contributed by atoms with Crippen LogP contribution in [0.2, 0.25) is 0 Å². The number of oxime groups is 2. The molecule has 2 rings (SSSR count). The highest BCUT2D eigenvalue weighted by molar-refractivity contribution is 5.98. The van der Waals surface area contributed by atoms with Crippen LogP contribution in [0.1, 0.15) is 106 Å². The van der Waals surface area contributed by atoms with Gasteiger partial charge >= 0.3 is 11.9 Å². The zero-order valence-corrected chi connectivity index (χ0v) is 27.4. The van der Waals surface area contributed by atoms with E-state index in [9.17, 15) is 9.59 Å². The van der Waals surface area contributed by atoms with Gasteiger partial charge in [0.25, 0.3) is 0 Å². The fraction of sp³-hybridized carbons (Fsp3) is 0.515. The second-order valence-electron chi connectivity index (χ2n) is 12.5. The Balaban J connectivity index is 0.000000430. The van der Waals surface area contributed by atoms with E-state index < -0.39 is 11.2 Å². The quantitative estimate of drug-likeness (QED) is 0.0950. The summed E-state index contributed by atoms with van der Waals surface area (Å²) in [6, 6.07) is 7.49. The summed E-state index contributed by atoms with van der Waals surface area (Å²) in [6.45, 7) is 19.1. The fourth-order valence-electron chi connectivity index (χ4n) is 4.60. The first kappa shape index (κ1) is 36.9. The van der Waals surface area contributed by atoms with Crippen LogP contribution >= 0.6 is 0 Å². The number of rotatable bonds is 9. The summed E-state index contributed by atoms with van der Waals surface area (Å²) >= 11 is 0. The Morgan fingerprint density at radius 2 is 1.05 bits per heavy atom. The number of hydrogen-bond donors (Lipinski definition) is 4. The molecule has 43 heavy (non-hydrogen) atoms. The summed E-state index contributed by atoms with van der Waals surface area (Å²) in [5, 5.41) is 23.6. The predicted molar refractivity (Wildman–Crippen MR) is 170 cm³/mol. The second-order valence-corrected chi connectivity index (χ2v) is 12.5. The Bertz CT molecular complexity index is 1310. The molecule has 0 heterocycles. The van der Waals surface area contributed by atoms with Gasteiger partial charge in [0.05, 0.1) is 0 Å². The van der Waals surface area contributed by atoms with Crippen LogP contribution in [-0.4, -0.2) is 45.2 Å². The lowest BCUT2D eigenvalue weighted by Crippen LogP contribution is -2.24. The Hall–Kier alpha value is -4.08. The van der Waals surface area contributed by atoms with Crippen LogP contribution < -0.4 is 11.5 Å². The lowest BCUT2D eigenvalue weighted by Gasteiger charge is -2.20. The van der Waals surface area contributed by atoms with Gasteiger partial charge < -0.3 is 31.4 Å². The molecule has 0 aromatic heterocycles. The zero-order valence-electron chi connectivity index (χ0n) is 27.4. The first-order valence-corrected chi connectivity index (χ1v) is 14.4. The third-order valence-corrected chi connectivity index (χ3v) is 6.45. The number of nitrogens with two attached hydrogens (primary N) is 2. The standard InChI is InChI=1S/C17H26N2O3.C16H24N2O3/c1-6-12-10-13(16(18)19-21)9-11(2)14(12)7-8-15(20)22-17(3,4)5;1-10-8-12(15(17)18-20)9-11(2)13(10)6-7-14(19)21-16(3,4)5/h9-10,21H,6-8H2,1-5H3,(H2,18,19);8-9,20H,6-7H2,1-5H3,(H2,17,18). The molecule has 0 spiro atoms. The van der Waals surface area contributed by atoms with E-state index in [-0.39, 0.29) is 23.6 Å². The van der Waals surface area contributed by atoms with Gasteiger partial charge in [0, 0.05) is 24.0 Å². The molecule has 0 saturated carbocycles. The van der Waals surface area contributed by atoms with Gasteiger partial charge in [0.15, 0.2) is 11.7 Å². The molecule has 0 fully saturated rings. The number of esters is 2. The minimum Gasteiger partial charge on any atom is -0.460 e. The highest BCUT2D eigenvalue weighted by Gasteiger charge is 2.18. The second kappa shape index (κ2) is 16.0. The molecule has 10 nitrogen and oxygen atoms in total. The Morgan fingerprint density at radius 1 is 0.698 bits per heavy atom. The SMILES string of the molecule is CCc1cc(C(N)=NO)cc(C)c1CCC(=O)OC(C)(C)C.Cc1cc(C(N)=NO)cc(C)c1CCC(=O)OC(C)(C)C. The number of hydrogen-bond acceptors (Lipinski definition) is 8. The Labute approximate surface area is 256 Å². The van der Waals surface area contributed by atoms with Crippen LogP contribution in [0.25, 0.3) is 0 Å². The summed E-state index contributed by atoms with van der Waals surface area (Å²) in [6.07, 6.45) is 2.73. The van der Waals surface area contributed by atoms with Crippen LogP contribution in [0, 0.1) is 20.8 Å². The summed E-state index contributed by atoms with van der Waals surface area (Å²) in [7, 11) is 0. The molecule has 0 unspecified atom stereocenters. The van der Waals surface area contributed by atoms with Crippen LogP contribution in [0.3, 0.4) is 0 Å². The molecule has 10 heteroatoms. The molecule has 0 aliphatic carbocycles. The number of ether oxygens (including phenoxy) is 2. The molecule has 6 N–H and O–H groups in total. The van der Waals surface area contributed by atoms with Crippen LogP contribution in [0.15, 0.2) is 34.6 Å². The van der Waals surface area contributed by atoms with E-state index in [1.807, 2.05) is 93.5 Å². The first-order chi connectivity index (χ1) is 19.8. The lowest BCUT2D eigenvalue weighted by atomic mass is 9.93. The molecule has 0 saturated heterocycles. The summed E-state index contributed by atoms with van der Waals surface area (Å²) in [5.41, 5.74) is 18.1. The molecule has 238 valence electrons. The average Bonchev–Trinajstić information content (AvgIpc) is 2.88. The van der Waals surface area contributed by atoms with Gasteiger partial charge in [0.1, 0.15) is 11.2 Å². The number of amidine groups is 2. The number of carbonyl (C=O) groups is 2. The third-order valence-electron chi connectivity index (χ3n) is 6.45. The van der Waals surface area contributed by atoms with Gasteiger partial charge in [-0.1, -0.05) is 17.2 Å². The summed E-state index contributed by atoms with van der Waals surface area (Å²) in [5.74, 6) is -0.229. The van der Waals surface area contributed by atoms with Crippen LogP contribution in [-0.2, 0) is 38.3 Å². The molecule has 0 radical (unpaired) electrons. The predicted octanol–water partition coefficient (Wildman–Crippen LogP) is 5.60. The highest BCUT2D eigenvalue weighted by Crippen LogP contribution is 2.22. The highest BCUT2D eigenvalue weighted by atomic mass is 16.6. The lowest BCUT2D eigenvalue weighted by molar-refractivity contribution is -0.155. The molecule has 0 aliphatic heterocycles. The number of carbonyl (C=O) groups excluding carboxylic acids is 2. The van der Waals surface area contributed by atoms with E-state index in [2.05, 4.69) is 10.3 Å². The van der Waals surface area contributed by atoms with Crippen molar-refractivity contribution in [3.63, 3.8) is 0 Å². The van der Waals surface area contributed by atoms with Crippen molar-refractivity contribution in [1.29, 1.82) is 0 Å². The van der Waals surface area contributed by atoms with Crippen molar-refractivity contribution in [2.45, 2.75) is 113 Å². The van der Waals surface area contributed by atoms with Crippen molar-refractivity contribution in [2.75, 3.05) is 0 Å². The van der Waals surface area contributed by atoms with Gasteiger partial charge in [-0.3, -0.25) is 9.59 Å². The Kier molecular flexibility index (Phi) is 13.7. The van der Waals surface area contributed by atoms with E-state index >= 15 is 0 Å². The van der Waals surface area contributed by atoms with Gasteiger partial charge in [0.2, 0.25) is 0 Å². The summed E-state index contributed by atoms with van der Waals surface area (Å²) in [4.78, 5) is 23.7. The van der Waals surface area contributed by atoms with E-state index in [0.717, 1.165) is 39.8 Å². The summed E-state index contributed by atoms with van der Waals surface area (Å²) < 4.78 is 10.6. The van der Waals surface area contributed by atoms with Crippen molar-refractivity contribution in [1.82, 2.24) is 0 Å². The van der Waals surface area contributed by atoms with Crippen molar-refractivity contribution < 1.29 is 29.5 Å². The third kappa shape index (κ3) is 12.8. The van der Waals surface area contributed by atoms with Crippen LogP contribution in [0.4, 0.5) is 0 Å².